The molecule has 1 aliphatic rings. The number of rotatable bonds is 3. The Bertz CT molecular complexity index is 910. The molecular formula is C18H19N5OS. The number of thiazole rings is 1. The average Bonchev–Trinajstić information content (AvgIpc) is 3.26. The molecule has 0 spiro atoms. The second-order valence-electron chi connectivity index (χ2n) is 6.06. The van der Waals surface area contributed by atoms with Crippen molar-refractivity contribution < 1.29 is 4.79 Å². The van der Waals surface area contributed by atoms with E-state index in [0.717, 1.165) is 26.5 Å². The number of hydrogen-bond donors (Lipinski definition) is 3. The third-order valence-electron chi connectivity index (χ3n) is 4.41. The van der Waals surface area contributed by atoms with Crippen molar-refractivity contribution in [3.05, 3.63) is 59.1 Å². The van der Waals surface area contributed by atoms with E-state index in [4.69, 9.17) is 0 Å². The van der Waals surface area contributed by atoms with Gasteiger partial charge in [0, 0.05) is 12.7 Å². The fourth-order valence-electron chi connectivity index (χ4n) is 3.08. The highest BCUT2D eigenvalue weighted by atomic mass is 32.1. The Morgan fingerprint density at radius 1 is 1.16 bits per heavy atom. The molecule has 0 bridgehead atoms. The SMILES string of the molecule is Cc1nc2ccc(N(C)C(=O)C3NNNC3c3ccccc3)cc2s1. The maximum absolute atomic E-state index is 13.0. The predicted octanol–water partition coefficient (Wildman–Crippen LogP) is 2.29. The number of nitrogens with one attached hydrogen (secondary N) is 3. The first-order valence-corrected chi connectivity index (χ1v) is 8.91. The van der Waals surface area contributed by atoms with E-state index in [1.165, 1.54) is 0 Å². The molecule has 128 valence electrons. The van der Waals surface area contributed by atoms with Gasteiger partial charge in [-0.15, -0.1) is 11.3 Å². The van der Waals surface area contributed by atoms with E-state index in [-0.39, 0.29) is 11.9 Å². The van der Waals surface area contributed by atoms with Crippen LogP contribution in [0.5, 0.6) is 0 Å². The van der Waals surface area contributed by atoms with Crippen LogP contribution in [0.1, 0.15) is 16.6 Å². The molecule has 1 fully saturated rings. The Balaban J connectivity index is 1.60. The van der Waals surface area contributed by atoms with Crippen molar-refractivity contribution in [2.24, 2.45) is 0 Å². The van der Waals surface area contributed by atoms with Crippen LogP contribution in [-0.2, 0) is 4.79 Å². The molecule has 25 heavy (non-hydrogen) atoms. The fourth-order valence-corrected chi connectivity index (χ4v) is 3.94. The minimum Gasteiger partial charge on any atom is -0.314 e. The molecule has 0 aliphatic carbocycles. The van der Waals surface area contributed by atoms with Crippen LogP contribution in [0.25, 0.3) is 10.2 Å². The third kappa shape index (κ3) is 3.03. The molecule has 0 saturated carbocycles. The minimum absolute atomic E-state index is 0.00746. The van der Waals surface area contributed by atoms with Gasteiger partial charge in [-0.05, 0) is 30.7 Å². The maximum atomic E-state index is 13.0. The Hall–Kier alpha value is -2.32. The van der Waals surface area contributed by atoms with E-state index in [2.05, 4.69) is 21.4 Å². The monoisotopic (exact) mass is 353 g/mol. The average molecular weight is 353 g/mol. The molecule has 2 atom stereocenters. The van der Waals surface area contributed by atoms with Gasteiger partial charge in [-0.1, -0.05) is 30.3 Å². The Labute approximate surface area is 149 Å². The van der Waals surface area contributed by atoms with Gasteiger partial charge in [-0.25, -0.2) is 15.8 Å². The topological polar surface area (TPSA) is 69.3 Å². The van der Waals surface area contributed by atoms with Gasteiger partial charge < -0.3 is 4.90 Å². The number of anilines is 1. The van der Waals surface area contributed by atoms with Crippen molar-refractivity contribution in [2.45, 2.75) is 19.0 Å². The van der Waals surface area contributed by atoms with Crippen LogP contribution in [0, 0.1) is 6.92 Å². The predicted molar refractivity (Wildman–Crippen MR) is 100 cm³/mol. The molecule has 0 radical (unpaired) electrons. The number of hydrazine groups is 2. The van der Waals surface area contributed by atoms with Crippen molar-refractivity contribution in [2.75, 3.05) is 11.9 Å². The van der Waals surface area contributed by atoms with Crippen molar-refractivity contribution >= 4 is 33.1 Å². The number of amides is 1. The molecule has 2 heterocycles. The lowest BCUT2D eigenvalue weighted by atomic mass is 10.00. The van der Waals surface area contributed by atoms with Crippen molar-refractivity contribution in [1.82, 2.24) is 21.4 Å². The van der Waals surface area contributed by atoms with Crippen LogP contribution in [0.2, 0.25) is 0 Å². The zero-order chi connectivity index (χ0) is 17.4. The van der Waals surface area contributed by atoms with Crippen molar-refractivity contribution in [3.63, 3.8) is 0 Å². The molecule has 1 aliphatic heterocycles. The number of aromatic nitrogens is 1. The molecule has 3 N–H and O–H groups in total. The summed E-state index contributed by atoms with van der Waals surface area (Å²) in [6.45, 7) is 1.99. The summed E-state index contributed by atoms with van der Waals surface area (Å²) in [4.78, 5) is 19.2. The van der Waals surface area contributed by atoms with E-state index in [0.29, 0.717) is 0 Å². The van der Waals surface area contributed by atoms with Crippen LogP contribution in [-0.4, -0.2) is 24.0 Å². The lowest BCUT2D eigenvalue weighted by molar-refractivity contribution is -0.120. The number of nitrogens with zero attached hydrogens (tertiary/aromatic N) is 2. The first-order chi connectivity index (χ1) is 12.1. The van der Waals surface area contributed by atoms with Gasteiger partial charge in [0.1, 0.15) is 6.04 Å². The molecule has 1 amide bonds. The number of fused-ring (bicyclic) bond motifs is 1. The zero-order valence-electron chi connectivity index (χ0n) is 14.0. The fraction of sp³-hybridized carbons (Fsp3) is 0.222. The van der Waals surface area contributed by atoms with Crippen molar-refractivity contribution in [3.8, 4) is 0 Å². The number of likely N-dealkylation sites (N-methyl/N-ethyl adjacent to an activating group) is 1. The van der Waals surface area contributed by atoms with Crippen LogP contribution < -0.4 is 21.3 Å². The zero-order valence-corrected chi connectivity index (χ0v) is 14.8. The van der Waals surface area contributed by atoms with Crippen LogP contribution >= 0.6 is 11.3 Å². The van der Waals surface area contributed by atoms with E-state index < -0.39 is 6.04 Å². The lowest BCUT2D eigenvalue weighted by Gasteiger charge is -2.24. The second kappa shape index (κ2) is 6.53. The first-order valence-electron chi connectivity index (χ1n) is 8.09. The summed E-state index contributed by atoms with van der Waals surface area (Å²) in [5.74, 6) is -0.00746. The van der Waals surface area contributed by atoms with Gasteiger partial charge in [0.05, 0.1) is 21.3 Å². The van der Waals surface area contributed by atoms with E-state index in [1.54, 1.807) is 23.3 Å². The van der Waals surface area contributed by atoms with Crippen LogP contribution in [0.4, 0.5) is 5.69 Å². The highest BCUT2D eigenvalue weighted by Crippen LogP contribution is 2.28. The molecule has 1 aromatic heterocycles. The Kier molecular flexibility index (Phi) is 4.22. The van der Waals surface area contributed by atoms with Gasteiger partial charge in [0.25, 0.3) is 0 Å². The maximum Gasteiger partial charge on any atom is 0.247 e. The molecule has 2 unspecified atom stereocenters. The molecule has 4 rings (SSSR count). The van der Waals surface area contributed by atoms with Gasteiger partial charge in [0.2, 0.25) is 5.91 Å². The summed E-state index contributed by atoms with van der Waals surface area (Å²) in [5.41, 5.74) is 11.9. The summed E-state index contributed by atoms with van der Waals surface area (Å²) < 4.78 is 1.09. The van der Waals surface area contributed by atoms with Crippen LogP contribution in [0.3, 0.4) is 0 Å². The van der Waals surface area contributed by atoms with Crippen LogP contribution in [0.15, 0.2) is 48.5 Å². The number of aryl methyl sites for hydroxylation is 1. The normalized spacial score (nSPS) is 20.1. The highest BCUT2D eigenvalue weighted by Gasteiger charge is 2.35. The van der Waals surface area contributed by atoms with Crippen molar-refractivity contribution in [1.29, 1.82) is 0 Å². The Morgan fingerprint density at radius 3 is 2.76 bits per heavy atom. The summed E-state index contributed by atoms with van der Waals surface area (Å²) in [7, 11) is 1.81. The number of benzene rings is 2. The number of carbonyl (C=O) groups excluding carboxylic acids is 1. The van der Waals surface area contributed by atoms with Gasteiger partial charge in [-0.2, -0.15) is 5.53 Å². The van der Waals surface area contributed by atoms with Gasteiger partial charge >= 0.3 is 0 Å². The summed E-state index contributed by atoms with van der Waals surface area (Å²) in [5, 5.41) is 1.02. The summed E-state index contributed by atoms with van der Waals surface area (Å²) in [6.07, 6.45) is 0. The van der Waals surface area contributed by atoms with E-state index in [9.17, 15) is 4.79 Å². The summed E-state index contributed by atoms with van der Waals surface area (Å²) in [6, 6.07) is 15.3. The minimum atomic E-state index is -0.397. The lowest BCUT2D eigenvalue weighted by Crippen LogP contribution is -2.46. The quantitative estimate of drug-likeness (QED) is 0.674. The molecule has 6 nitrogen and oxygen atoms in total. The number of hydrogen-bond acceptors (Lipinski definition) is 6. The number of carbonyl (C=O) groups is 1. The van der Waals surface area contributed by atoms with Gasteiger partial charge in [-0.3, -0.25) is 4.79 Å². The highest BCUT2D eigenvalue weighted by molar-refractivity contribution is 7.18. The second-order valence-corrected chi connectivity index (χ2v) is 7.30. The molecule has 1 saturated heterocycles. The first kappa shape index (κ1) is 16.2. The molecule has 3 aromatic rings. The smallest absolute Gasteiger partial charge is 0.247 e. The Morgan fingerprint density at radius 2 is 1.96 bits per heavy atom. The molecule has 2 aromatic carbocycles. The van der Waals surface area contributed by atoms with E-state index >= 15 is 0 Å². The largest absolute Gasteiger partial charge is 0.314 e. The van der Waals surface area contributed by atoms with Gasteiger partial charge in [0.15, 0.2) is 0 Å². The third-order valence-corrected chi connectivity index (χ3v) is 5.34. The molecule has 7 heteroatoms. The van der Waals surface area contributed by atoms with E-state index in [1.807, 2.05) is 55.5 Å². The summed E-state index contributed by atoms with van der Waals surface area (Å²) >= 11 is 1.64. The molecular weight excluding hydrogens is 334 g/mol. The standard InChI is InChI=1S/C18H19N5OS/c1-11-19-14-9-8-13(10-15(14)25-11)23(2)18(24)17-16(20-22-21-17)12-6-4-3-5-7-12/h3-10,16-17,20-22H,1-2H3.